The van der Waals surface area contributed by atoms with Gasteiger partial charge in [-0.25, -0.2) is 9.86 Å². The third-order valence-corrected chi connectivity index (χ3v) is 4.39. The summed E-state index contributed by atoms with van der Waals surface area (Å²) in [5.74, 6) is -1.40. The van der Waals surface area contributed by atoms with E-state index in [1.165, 1.54) is 0 Å². The van der Waals surface area contributed by atoms with Crippen molar-refractivity contribution < 1.29 is 24.3 Å². The molecule has 2 unspecified atom stereocenters. The van der Waals surface area contributed by atoms with Crippen molar-refractivity contribution in [1.82, 2.24) is 10.4 Å². The first kappa shape index (κ1) is 24.4. The van der Waals surface area contributed by atoms with E-state index in [1.807, 2.05) is 41.5 Å². The fourth-order valence-corrected chi connectivity index (χ4v) is 2.60. The maximum absolute atomic E-state index is 12.7. The SMILES string of the molecule is CCCCC(CN(O)C=O)C(=O)NC(C(=O)OC(CC)CC)C(C)(C)C. The molecule has 0 fully saturated rings. The highest BCUT2D eigenvalue weighted by Gasteiger charge is 2.36. The summed E-state index contributed by atoms with van der Waals surface area (Å²) in [6.45, 7) is 11.4. The van der Waals surface area contributed by atoms with Crippen LogP contribution in [0, 0.1) is 11.3 Å². The summed E-state index contributed by atoms with van der Waals surface area (Å²) in [6, 6.07) is -0.803. The molecule has 0 aromatic rings. The second-order valence-corrected chi connectivity index (χ2v) is 7.75. The summed E-state index contributed by atoms with van der Waals surface area (Å²) in [5, 5.41) is 12.7. The van der Waals surface area contributed by atoms with Crippen molar-refractivity contribution in [3.63, 3.8) is 0 Å². The average molecular weight is 373 g/mol. The van der Waals surface area contributed by atoms with Gasteiger partial charge in [-0.05, 0) is 24.7 Å². The van der Waals surface area contributed by atoms with Gasteiger partial charge in [0.25, 0.3) is 0 Å². The molecule has 152 valence electrons. The van der Waals surface area contributed by atoms with Crippen LogP contribution in [0.4, 0.5) is 0 Å². The van der Waals surface area contributed by atoms with E-state index in [0.717, 1.165) is 12.8 Å². The lowest BCUT2D eigenvalue weighted by Crippen LogP contribution is -2.53. The minimum atomic E-state index is -0.803. The summed E-state index contributed by atoms with van der Waals surface area (Å²) >= 11 is 0. The molecular weight excluding hydrogens is 336 g/mol. The fourth-order valence-electron chi connectivity index (χ4n) is 2.60. The van der Waals surface area contributed by atoms with Gasteiger partial charge in [-0.3, -0.25) is 14.8 Å². The Morgan fingerprint density at radius 1 is 1.19 bits per heavy atom. The average Bonchev–Trinajstić information content (AvgIpc) is 2.59. The number of carbonyl (C=O) groups is 3. The highest BCUT2D eigenvalue weighted by atomic mass is 16.5. The molecule has 0 bridgehead atoms. The van der Waals surface area contributed by atoms with Gasteiger partial charge < -0.3 is 10.1 Å². The van der Waals surface area contributed by atoms with Gasteiger partial charge >= 0.3 is 5.97 Å². The first-order valence-electron chi connectivity index (χ1n) is 9.52. The molecule has 7 heteroatoms. The van der Waals surface area contributed by atoms with Crippen LogP contribution in [0.3, 0.4) is 0 Å². The van der Waals surface area contributed by atoms with E-state index in [2.05, 4.69) is 5.32 Å². The van der Waals surface area contributed by atoms with Crippen molar-refractivity contribution in [2.24, 2.45) is 11.3 Å². The molecule has 2 atom stereocenters. The minimum absolute atomic E-state index is 0.103. The van der Waals surface area contributed by atoms with E-state index in [0.29, 0.717) is 24.3 Å². The zero-order valence-corrected chi connectivity index (χ0v) is 17.1. The van der Waals surface area contributed by atoms with Gasteiger partial charge in [-0.1, -0.05) is 54.4 Å². The number of carbonyl (C=O) groups excluding carboxylic acids is 3. The third-order valence-electron chi connectivity index (χ3n) is 4.39. The van der Waals surface area contributed by atoms with Crippen LogP contribution in [0.5, 0.6) is 0 Å². The molecule has 0 saturated carbocycles. The van der Waals surface area contributed by atoms with Gasteiger partial charge in [0.1, 0.15) is 12.1 Å². The van der Waals surface area contributed by atoms with E-state index in [1.54, 1.807) is 0 Å². The zero-order valence-electron chi connectivity index (χ0n) is 17.1. The number of nitrogens with zero attached hydrogens (tertiary/aromatic N) is 1. The molecular formula is C19H36N2O5. The number of hydrogen-bond donors (Lipinski definition) is 2. The number of ether oxygens (including phenoxy) is 1. The van der Waals surface area contributed by atoms with Crippen LogP contribution >= 0.6 is 0 Å². The second-order valence-electron chi connectivity index (χ2n) is 7.75. The number of esters is 1. The van der Waals surface area contributed by atoms with Crippen LogP contribution in [-0.4, -0.2) is 47.2 Å². The Hall–Kier alpha value is -1.63. The van der Waals surface area contributed by atoms with Crippen LogP contribution in [0.25, 0.3) is 0 Å². The van der Waals surface area contributed by atoms with E-state index in [4.69, 9.17) is 4.74 Å². The van der Waals surface area contributed by atoms with Gasteiger partial charge in [-0.2, -0.15) is 0 Å². The molecule has 0 radical (unpaired) electrons. The number of amides is 2. The summed E-state index contributed by atoms with van der Waals surface area (Å²) in [6.07, 6.45) is 3.71. The molecule has 2 N–H and O–H groups in total. The lowest BCUT2D eigenvalue weighted by molar-refractivity contribution is -0.159. The van der Waals surface area contributed by atoms with Gasteiger partial charge in [0.15, 0.2) is 0 Å². The normalized spacial score (nSPS) is 13.8. The highest BCUT2D eigenvalue weighted by molar-refractivity contribution is 5.86. The summed E-state index contributed by atoms with van der Waals surface area (Å²) in [4.78, 5) is 36.0. The van der Waals surface area contributed by atoms with Gasteiger partial charge in [0.2, 0.25) is 12.3 Å². The molecule has 0 aromatic heterocycles. The topological polar surface area (TPSA) is 95.9 Å². The zero-order chi connectivity index (χ0) is 20.3. The van der Waals surface area contributed by atoms with E-state index in [-0.39, 0.29) is 25.0 Å². The monoisotopic (exact) mass is 372 g/mol. The van der Waals surface area contributed by atoms with E-state index >= 15 is 0 Å². The largest absolute Gasteiger partial charge is 0.461 e. The molecule has 0 aromatic carbocycles. The Bertz CT molecular complexity index is 444. The predicted octanol–water partition coefficient (Wildman–Crippen LogP) is 2.90. The standard InChI is InChI=1S/C19H36N2O5/c1-7-10-11-14(12-21(25)13-22)17(23)20-16(19(4,5)6)18(24)26-15(8-2)9-3/h13-16,25H,7-12H2,1-6H3,(H,20,23). The summed E-state index contributed by atoms with van der Waals surface area (Å²) in [5.41, 5.74) is -0.530. The van der Waals surface area contributed by atoms with Crippen LogP contribution in [-0.2, 0) is 19.1 Å². The maximum Gasteiger partial charge on any atom is 0.329 e. The van der Waals surface area contributed by atoms with E-state index in [9.17, 15) is 19.6 Å². The van der Waals surface area contributed by atoms with Crippen molar-refractivity contribution in [2.75, 3.05) is 6.54 Å². The number of rotatable bonds is 12. The molecule has 0 saturated heterocycles. The maximum atomic E-state index is 12.7. The molecule has 0 heterocycles. The molecule has 7 nitrogen and oxygen atoms in total. The van der Waals surface area contributed by atoms with Crippen LogP contribution in [0.1, 0.15) is 73.6 Å². The Morgan fingerprint density at radius 3 is 2.19 bits per heavy atom. The minimum Gasteiger partial charge on any atom is -0.461 e. The van der Waals surface area contributed by atoms with Crippen molar-refractivity contribution >= 4 is 18.3 Å². The molecule has 26 heavy (non-hydrogen) atoms. The lowest BCUT2D eigenvalue weighted by Gasteiger charge is -2.32. The van der Waals surface area contributed by atoms with Crippen molar-refractivity contribution in [3.05, 3.63) is 0 Å². The number of unbranched alkanes of at least 4 members (excludes halogenated alkanes) is 1. The Labute approximate surface area is 157 Å². The van der Waals surface area contributed by atoms with Crippen molar-refractivity contribution in [3.8, 4) is 0 Å². The van der Waals surface area contributed by atoms with Crippen LogP contribution < -0.4 is 5.32 Å². The highest BCUT2D eigenvalue weighted by Crippen LogP contribution is 2.23. The quantitative estimate of drug-likeness (QED) is 0.238. The third kappa shape index (κ3) is 8.65. The van der Waals surface area contributed by atoms with Crippen LogP contribution in [0.2, 0.25) is 0 Å². The first-order chi connectivity index (χ1) is 12.1. The van der Waals surface area contributed by atoms with Crippen molar-refractivity contribution in [1.29, 1.82) is 0 Å². The Kier molecular flexibility index (Phi) is 11.1. The van der Waals surface area contributed by atoms with Gasteiger partial charge in [-0.15, -0.1) is 0 Å². The van der Waals surface area contributed by atoms with Gasteiger partial charge in [0, 0.05) is 0 Å². The molecule has 2 amide bonds. The summed E-state index contributed by atoms with van der Waals surface area (Å²) < 4.78 is 5.53. The molecule has 0 aliphatic carbocycles. The lowest BCUT2D eigenvalue weighted by atomic mass is 9.86. The molecule has 0 aliphatic heterocycles. The molecule has 0 aliphatic rings. The first-order valence-corrected chi connectivity index (χ1v) is 9.52. The second kappa shape index (κ2) is 11.9. The fraction of sp³-hybridized carbons (Fsp3) is 0.842. The van der Waals surface area contributed by atoms with E-state index < -0.39 is 23.3 Å². The summed E-state index contributed by atoms with van der Waals surface area (Å²) in [7, 11) is 0. The number of hydrogen-bond acceptors (Lipinski definition) is 5. The van der Waals surface area contributed by atoms with Crippen LogP contribution in [0.15, 0.2) is 0 Å². The predicted molar refractivity (Wildman–Crippen MR) is 99.4 cm³/mol. The number of nitrogens with one attached hydrogen (secondary N) is 1. The Balaban J connectivity index is 5.23. The van der Waals surface area contributed by atoms with Crippen molar-refractivity contribution in [2.45, 2.75) is 85.8 Å². The molecule has 0 spiro atoms. The molecule has 0 rings (SSSR count). The smallest absolute Gasteiger partial charge is 0.329 e. The van der Waals surface area contributed by atoms with Gasteiger partial charge in [0.05, 0.1) is 12.5 Å². The number of hydroxylamine groups is 2. The Morgan fingerprint density at radius 2 is 1.77 bits per heavy atom.